The molecule has 0 radical (unpaired) electrons. The lowest BCUT2D eigenvalue weighted by Crippen LogP contribution is -2.42. The fraction of sp³-hybridized carbons (Fsp3) is 0.444. The van der Waals surface area contributed by atoms with Crippen LogP contribution in [0.5, 0.6) is 0 Å². The third kappa shape index (κ3) is 4.64. The van der Waals surface area contributed by atoms with Gasteiger partial charge >= 0.3 is 5.97 Å². The van der Waals surface area contributed by atoms with Gasteiger partial charge in [0.25, 0.3) is 5.91 Å². The van der Waals surface area contributed by atoms with Crippen LogP contribution >= 0.6 is 0 Å². The van der Waals surface area contributed by atoms with Crippen LogP contribution in [0.2, 0.25) is 0 Å². The summed E-state index contributed by atoms with van der Waals surface area (Å²) < 4.78 is 10.8. The molecule has 1 aromatic heterocycles. The fourth-order valence-corrected chi connectivity index (χ4v) is 4.76. The van der Waals surface area contributed by atoms with E-state index in [4.69, 9.17) is 15.9 Å². The molecule has 1 aliphatic heterocycles. The minimum atomic E-state index is -0.762. The Morgan fingerprint density at radius 1 is 1.24 bits per heavy atom. The minimum Gasteiger partial charge on any atom is -0.468 e. The largest absolute Gasteiger partial charge is 0.468 e. The number of hydrogen-bond donors (Lipinski definition) is 2. The number of allylic oxidation sites excluding steroid dienone is 2. The van der Waals surface area contributed by atoms with Crippen molar-refractivity contribution >= 4 is 23.1 Å². The average Bonchev–Trinajstić information content (AvgIpc) is 3.34. The van der Waals surface area contributed by atoms with Crippen LogP contribution in [0.1, 0.15) is 73.4 Å². The van der Waals surface area contributed by atoms with Gasteiger partial charge in [0.15, 0.2) is 5.82 Å². The number of methoxy groups -OCH3 is 1. The standard InChI is InChI=1S/C27H31N3O4/c1-5-20-17-28-23(29-20)24(31)30-22-7-6-19(27(25(32)33-4)12-14-34-15-13-27)16-21(22)18-8-10-26(2,3)11-9-18/h1,6-8,16-17H,9-15H2,2-4H3,(H,28,29)(H,30,31). The summed E-state index contributed by atoms with van der Waals surface area (Å²) in [4.78, 5) is 32.8. The van der Waals surface area contributed by atoms with Crippen LogP contribution in [0, 0.1) is 17.8 Å². The van der Waals surface area contributed by atoms with Gasteiger partial charge in [0.2, 0.25) is 0 Å². The first-order chi connectivity index (χ1) is 16.3. The normalized spacial score (nSPS) is 18.9. The Morgan fingerprint density at radius 2 is 2.00 bits per heavy atom. The molecule has 2 aromatic rings. The number of H-pyrrole nitrogens is 1. The van der Waals surface area contributed by atoms with Crippen molar-refractivity contribution in [2.45, 2.75) is 51.4 Å². The smallest absolute Gasteiger partial charge is 0.316 e. The van der Waals surface area contributed by atoms with E-state index in [1.54, 1.807) is 0 Å². The highest BCUT2D eigenvalue weighted by atomic mass is 16.5. The Kier molecular flexibility index (Phi) is 6.63. The Morgan fingerprint density at radius 3 is 2.62 bits per heavy atom. The van der Waals surface area contributed by atoms with Gasteiger partial charge in [0.05, 0.1) is 18.7 Å². The molecule has 1 fully saturated rings. The molecule has 7 nitrogen and oxygen atoms in total. The van der Waals surface area contributed by atoms with Crippen LogP contribution in [0.15, 0.2) is 30.5 Å². The fourth-order valence-electron chi connectivity index (χ4n) is 4.76. The second-order valence-electron chi connectivity index (χ2n) is 9.79. The lowest BCUT2D eigenvalue weighted by atomic mass is 9.72. The number of esters is 1. The highest BCUT2D eigenvalue weighted by molar-refractivity contribution is 6.03. The summed E-state index contributed by atoms with van der Waals surface area (Å²) in [6.07, 6.45) is 13.1. The lowest BCUT2D eigenvalue weighted by molar-refractivity contribution is -0.151. The van der Waals surface area contributed by atoms with Gasteiger partial charge in [-0.25, -0.2) is 4.98 Å². The maximum atomic E-state index is 12.9. The zero-order valence-corrected chi connectivity index (χ0v) is 20.0. The quantitative estimate of drug-likeness (QED) is 0.507. The number of terminal acetylenes is 1. The lowest BCUT2D eigenvalue weighted by Gasteiger charge is -2.36. The van der Waals surface area contributed by atoms with Crippen LogP contribution in [-0.2, 0) is 19.7 Å². The number of nitrogens with one attached hydrogen (secondary N) is 2. The topological polar surface area (TPSA) is 93.3 Å². The SMILES string of the molecule is C#Cc1cnc(C(=O)Nc2ccc(C3(C(=O)OC)CCOCC3)cc2C2=CCC(C)(C)CC2)[nH]1. The average molecular weight is 462 g/mol. The number of aromatic amines is 1. The second kappa shape index (κ2) is 9.47. The van der Waals surface area contributed by atoms with E-state index in [1.807, 2.05) is 18.2 Å². The number of carbonyl (C=O) groups excluding carboxylic acids is 2. The first-order valence-electron chi connectivity index (χ1n) is 11.6. The molecule has 1 saturated heterocycles. The van der Waals surface area contributed by atoms with Gasteiger partial charge in [0.1, 0.15) is 5.69 Å². The zero-order chi connectivity index (χ0) is 24.3. The van der Waals surface area contributed by atoms with Crippen molar-refractivity contribution in [2.75, 3.05) is 25.6 Å². The third-order valence-corrected chi connectivity index (χ3v) is 7.01. The summed E-state index contributed by atoms with van der Waals surface area (Å²) in [6.45, 7) is 5.51. The van der Waals surface area contributed by atoms with Crippen LogP contribution in [-0.4, -0.2) is 42.2 Å². The van der Waals surface area contributed by atoms with Gasteiger partial charge in [-0.1, -0.05) is 31.9 Å². The van der Waals surface area contributed by atoms with Crippen LogP contribution in [0.4, 0.5) is 5.69 Å². The summed E-state index contributed by atoms with van der Waals surface area (Å²) in [5.74, 6) is 1.96. The van der Waals surface area contributed by atoms with Crippen molar-refractivity contribution in [3.8, 4) is 12.3 Å². The van der Waals surface area contributed by atoms with Gasteiger partial charge in [0, 0.05) is 24.5 Å². The molecule has 0 atom stereocenters. The van der Waals surface area contributed by atoms with Gasteiger partial charge in [-0.05, 0) is 60.8 Å². The first kappa shape index (κ1) is 23.8. The number of hydrogen-bond acceptors (Lipinski definition) is 5. The molecule has 1 amide bonds. The minimum absolute atomic E-state index is 0.150. The van der Waals surface area contributed by atoms with Gasteiger partial charge in [-0.3, -0.25) is 9.59 Å². The molecule has 34 heavy (non-hydrogen) atoms. The van der Waals surface area contributed by atoms with Crippen molar-refractivity contribution < 1.29 is 19.1 Å². The molecule has 7 heteroatoms. The molecule has 0 bridgehead atoms. The molecule has 1 aromatic carbocycles. The van der Waals surface area contributed by atoms with Gasteiger partial charge in [-0.2, -0.15) is 0 Å². The van der Waals surface area contributed by atoms with Gasteiger partial charge in [-0.15, -0.1) is 6.42 Å². The van der Waals surface area contributed by atoms with Crippen LogP contribution in [0.3, 0.4) is 0 Å². The van der Waals surface area contributed by atoms with E-state index in [9.17, 15) is 9.59 Å². The number of imidazole rings is 1. The number of amides is 1. The van der Waals surface area contributed by atoms with Gasteiger partial charge < -0.3 is 19.8 Å². The maximum absolute atomic E-state index is 12.9. The Hall–Kier alpha value is -3.37. The predicted octanol–water partition coefficient (Wildman–Crippen LogP) is 4.46. The van der Waals surface area contributed by atoms with Crippen molar-refractivity contribution in [3.63, 3.8) is 0 Å². The number of rotatable bonds is 5. The molecule has 2 aliphatic rings. The molecule has 4 rings (SSSR count). The molecule has 0 unspecified atom stereocenters. The predicted molar refractivity (Wildman–Crippen MR) is 130 cm³/mol. The van der Waals surface area contributed by atoms with E-state index < -0.39 is 5.41 Å². The zero-order valence-electron chi connectivity index (χ0n) is 20.0. The summed E-state index contributed by atoms with van der Waals surface area (Å²) >= 11 is 0. The second-order valence-corrected chi connectivity index (χ2v) is 9.79. The molecule has 2 heterocycles. The molecule has 178 valence electrons. The van der Waals surface area contributed by atoms with E-state index in [1.165, 1.54) is 13.3 Å². The summed E-state index contributed by atoms with van der Waals surface area (Å²) in [5, 5.41) is 2.99. The van der Waals surface area contributed by atoms with E-state index in [0.717, 1.165) is 36.0 Å². The summed E-state index contributed by atoms with van der Waals surface area (Å²) in [7, 11) is 1.43. The highest BCUT2D eigenvalue weighted by Gasteiger charge is 2.43. The Balaban J connectivity index is 1.75. The molecule has 0 saturated carbocycles. The van der Waals surface area contributed by atoms with Crippen molar-refractivity contribution in [2.24, 2.45) is 5.41 Å². The van der Waals surface area contributed by atoms with E-state index in [-0.39, 0.29) is 23.1 Å². The molecule has 0 spiro atoms. The number of aromatic nitrogens is 2. The number of benzene rings is 1. The van der Waals surface area contributed by atoms with E-state index >= 15 is 0 Å². The van der Waals surface area contributed by atoms with Crippen molar-refractivity contribution in [1.82, 2.24) is 9.97 Å². The molecule has 1 aliphatic carbocycles. The van der Waals surface area contributed by atoms with Crippen LogP contribution < -0.4 is 5.32 Å². The first-order valence-corrected chi connectivity index (χ1v) is 11.6. The maximum Gasteiger partial charge on any atom is 0.316 e. The monoisotopic (exact) mass is 461 g/mol. The van der Waals surface area contributed by atoms with Crippen molar-refractivity contribution in [3.05, 3.63) is 53.1 Å². The molecular weight excluding hydrogens is 430 g/mol. The Labute approximate surface area is 200 Å². The van der Waals surface area contributed by atoms with Crippen LogP contribution in [0.25, 0.3) is 5.57 Å². The number of carbonyl (C=O) groups is 2. The number of ether oxygens (including phenoxy) is 2. The number of anilines is 1. The molecule has 2 N–H and O–H groups in total. The summed E-state index contributed by atoms with van der Waals surface area (Å²) in [5.41, 5.74) is 3.55. The third-order valence-electron chi connectivity index (χ3n) is 7.01. The van der Waals surface area contributed by atoms with E-state index in [2.05, 4.69) is 41.1 Å². The van der Waals surface area contributed by atoms with E-state index in [0.29, 0.717) is 37.4 Å². The molecular formula is C27H31N3O4. The van der Waals surface area contributed by atoms with Crippen molar-refractivity contribution in [1.29, 1.82) is 0 Å². The highest BCUT2D eigenvalue weighted by Crippen LogP contribution is 2.43. The Bertz CT molecular complexity index is 1160. The number of nitrogens with zero attached hydrogens (tertiary/aromatic N) is 1. The summed E-state index contributed by atoms with van der Waals surface area (Å²) in [6, 6.07) is 5.81.